The Kier molecular flexibility index (Phi) is 3.71. The number of nitrogens with two attached hydrogens (primary N) is 1. The van der Waals surface area contributed by atoms with Gasteiger partial charge in [-0.3, -0.25) is 4.99 Å². The Hall–Kier alpha value is -2.40. The van der Waals surface area contributed by atoms with Gasteiger partial charge in [0.05, 0.1) is 25.3 Å². The number of fused-ring (bicyclic) bond motifs is 1. The van der Waals surface area contributed by atoms with Crippen molar-refractivity contribution in [1.82, 2.24) is 4.98 Å². The van der Waals surface area contributed by atoms with E-state index in [-0.39, 0.29) is 6.10 Å². The van der Waals surface area contributed by atoms with Crippen molar-refractivity contribution in [3.8, 4) is 5.75 Å². The molecular formula is C18H19N3O2. The zero-order valence-corrected chi connectivity index (χ0v) is 12.9. The number of benzene rings is 1. The van der Waals surface area contributed by atoms with Gasteiger partial charge < -0.3 is 15.2 Å². The molecule has 5 nitrogen and oxygen atoms in total. The van der Waals surface area contributed by atoms with Crippen LogP contribution in [0.25, 0.3) is 16.5 Å². The van der Waals surface area contributed by atoms with Crippen molar-refractivity contribution in [3.05, 3.63) is 35.9 Å². The van der Waals surface area contributed by atoms with Gasteiger partial charge in [-0.1, -0.05) is 6.07 Å². The third-order valence-corrected chi connectivity index (χ3v) is 4.27. The highest BCUT2D eigenvalue weighted by atomic mass is 16.5. The first-order valence-electron chi connectivity index (χ1n) is 7.93. The molecule has 4 rings (SSSR count). The number of nitrogen functional groups attached to an aromatic ring is 1. The van der Waals surface area contributed by atoms with Gasteiger partial charge >= 0.3 is 0 Å². The van der Waals surface area contributed by atoms with E-state index in [0.29, 0.717) is 5.82 Å². The normalized spacial score (nSPS) is 18.3. The average molecular weight is 309 g/mol. The van der Waals surface area contributed by atoms with Crippen LogP contribution in [0.4, 0.5) is 5.82 Å². The van der Waals surface area contributed by atoms with E-state index in [0.717, 1.165) is 54.8 Å². The molecule has 3 heterocycles. The number of ether oxygens (including phenoxy) is 2. The summed E-state index contributed by atoms with van der Waals surface area (Å²) < 4.78 is 11.6. The molecule has 2 N–H and O–H groups in total. The molecule has 0 atom stereocenters. The van der Waals surface area contributed by atoms with Crippen molar-refractivity contribution in [2.45, 2.75) is 18.9 Å². The summed E-state index contributed by atoms with van der Waals surface area (Å²) in [4.78, 5) is 8.70. The van der Waals surface area contributed by atoms with E-state index in [1.807, 2.05) is 18.4 Å². The molecule has 1 saturated heterocycles. The maximum atomic E-state index is 6.18. The van der Waals surface area contributed by atoms with E-state index < -0.39 is 0 Å². The Morgan fingerprint density at radius 3 is 2.83 bits per heavy atom. The van der Waals surface area contributed by atoms with Gasteiger partial charge in [-0.2, -0.15) is 0 Å². The number of nitrogens with zero attached hydrogens (tertiary/aromatic N) is 2. The van der Waals surface area contributed by atoms with Crippen LogP contribution in [0, 0.1) is 0 Å². The molecule has 0 aliphatic carbocycles. The quantitative estimate of drug-likeness (QED) is 0.946. The van der Waals surface area contributed by atoms with E-state index in [2.05, 4.69) is 28.2 Å². The monoisotopic (exact) mass is 309 g/mol. The Morgan fingerprint density at radius 1 is 1.17 bits per heavy atom. The van der Waals surface area contributed by atoms with Crippen LogP contribution in [0.15, 0.2) is 35.3 Å². The largest absolute Gasteiger partial charge is 0.489 e. The summed E-state index contributed by atoms with van der Waals surface area (Å²) >= 11 is 0. The van der Waals surface area contributed by atoms with Crippen LogP contribution in [-0.4, -0.2) is 37.1 Å². The summed E-state index contributed by atoms with van der Waals surface area (Å²) in [6, 6.07) is 8.03. The Labute approximate surface area is 134 Å². The minimum atomic E-state index is 0.180. The van der Waals surface area contributed by atoms with E-state index in [1.165, 1.54) is 5.57 Å². The topological polar surface area (TPSA) is 69.7 Å². The van der Waals surface area contributed by atoms with Crippen molar-refractivity contribution in [2.24, 2.45) is 4.99 Å². The fourth-order valence-corrected chi connectivity index (χ4v) is 3.02. The number of aromatic nitrogens is 1. The van der Waals surface area contributed by atoms with Crippen LogP contribution in [0.1, 0.15) is 18.4 Å². The zero-order chi connectivity index (χ0) is 15.6. The molecule has 5 heteroatoms. The van der Waals surface area contributed by atoms with E-state index in [1.54, 1.807) is 0 Å². The minimum Gasteiger partial charge on any atom is -0.489 e. The summed E-state index contributed by atoms with van der Waals surface area (Å²) in [7, 11) is 0. The van der Waals surface area contributed by atoms with Crippen LogP contribution in [0.5, 0.6) is 5.75 Å². The van der Waals surface area contributed by atoms with Crippen LogP contribution < -0.4 is 10.5 Å². The van der Waals surface area contributed by atoms with Gasteiger partial charge in [0.2, 0.25) is 0 Å². The Morgan fingerprint density at radius 2 is 2.04 bits per heavy atom. The maximum Gasteiger partial charge on any atom is 0.132 e. The third kappa shape index (κ3) is 2.92. The molecule has 0 spiro atoms. The molecule has 2 aliphatic rings. The van der Waals surface area contributed by atoms with Crippen molar-refractivity contribution in [3.63, 3.8) is 0 Å². The van der Waals surface area contributed by atoms with Crippen LogP contribution in [-0.2, 0) is 4.74 Å². The fraction of sp³-hybridized carbons (Fsp3) is 0.333. The first kappa shape index (κ1) is 14.2. The lowest BCUT2D eigenvalue weighted by Crippen LogP contribution is -2.26. The number of hydrogen-bond donors (Lipinski definition) is 1. The van der Waals surface area contributed by atoms with Gasteiger partial charge in [0, 0.05) is 30.5 Å². The van der Waals surface area contributed by atoms with Gasteiger partial charge in [-0.05, 0) is 29.3 Å². The highest BCUT2D eigenvalue weighted by Crippen LogP contribution is 2.31. The molecule has 1 aromatic heterocycles. The van der Waals surface area contributed by atoms with E-state index >= 15 is 0 Å². The molecule has 1 aromatic carbocycles. The molecule has 0 amide bonds. The zero-order valence-electron chi connectivity index (χ0n) is 12.9. The third-order valence-electron chi connectivity index (χ3n) is 4.27. The van der Waals surface area contributed by atoms with Crippen molar-refractivity contribution >= 4 is 28.5 Å². The Bertz CT molecular complexity index is 792. The van der Waals surface area contributed by atoms with Crippen LogP contribution in [0.3, 0.4) is 0 Å². The lowest BCUT2D eigenvalue weighted by atomic mass is 10.0. The van der Waals surface area contributed by atoms with E-state index in [9.17, 15) is 0 Å². The van der Waals surface area contributed by atoms with Gasteiger partial charge in [-0.15, -0.1) is 0 Å². The number of rotatable bonds is 3. The number of aliphatic imine (C=N–C) groups is 1. The van der Waals surface area contributed by atoms with Gasteiger partial charge in [0.15, 0.2) is 0 Å². The maximum absolute atomic E-state index is 6.18. The molecule has 0 bridgehead atoms. The second kappa shape index (κ2) is 6.01. The predicted molar refractivity (Wildman–Crippen MR) is 92.0 cm³/mol. The van der Waals surface area contributed by atoms with Crippen LogP contribution in [0.2, 0.25) is 0 Å². The Balaban J connectivity index is 1.69. The molecule has 118 valence electrons. The first-order valence-corrected chi connectivity index (χ1v) is 7.93. The summed E-state index contributed by atoms with van der Waals surface area (Å²) in [5, 5.41) is 0.994. The minimum absolute atomic E-state index is 0.180. The summed E-state index contributed by atoms with van der Waals surface area (Å²) in [6.45, 7) is 2.22. The molecule has 0 unspecified atom stereocenters. The van der Waals surface area contributed by atoms with Gasteiger partial charge in [0.25, 0.3) is 0 Å². The second-order valence-electron chi connectivity index (χ2n) is 5.89. The molecular weight excluding hydrogens is 290 g/mol. The van der Waals surface area contributed by atoms with Crippen molar-refractivity contribution < 1.29 is 9.47 Å². The molecule has 23 heavy (non-hydrogen) atoms. The molecule has 2 aromatic rings. The number of allylic oxidation sites excluding steroid dienone is 1. The summed E-state index contributed by atoms with van der Waals surface area (Å²) in [6.07, 6.45) is 5.87. The van der Waals surface area contributed by atoms with Gasteiger partial charge in [-0.25, -0.2) is 4.98 Å². The SMILES string of the molecule is Nc1cc(OC2CCOCC2)c2ccc(C3=CC=NC3)cc2n1. The van der Waals surface area contributed by atoms with Gasteiger partial charge in [0.1, 0.15) is 17.7 Å². The average Bonchev–Trinajstić information content (AvgIpc) is 3.09. The molecule has 2 aliphatic heterocycles. The van der Waals surface area contributed by atoms with Crippen molar-refractivity contribution in [1.29, 1.82) is 0 Å². The van der Waals surface area contributed by atoms with Crippen molar-refractivity contribution in [2.75, 3.05) is 25.5 Å². The fourth-order valence-electron chi connectivity index (χ4n) is 3.02. The number of pyridine rings is 1. The highest BCUT2D eigenvalue weighted by Gasteiger charge is 2.17. The molecule has 0 radical (unpaired) electrons. The summed E-state index contributed by atoms with van der Waals surface area (Å²) in [5.74, 6) is 1.29. The lowest BCUT2D eigenvalue weighted by Gasteiger charge is -2.24. The van der Waals surface area contributed by atoms with Crippen LogP contribution >= 0.6 is 0 Å². The number of anilines is 1. The second-order valence-corrected chi connectivity index (χ2v) is 5.89. The standard InChI is InChI=1S/C18H19N3O2/c19-18-10-17(23-14-4-7-22-8-5-14)15-2-1-12(9-16(15)21-18)13-3-6-20-11-13/h1-3,6,9-10,14H,4-5,7-8,11H2,(H2,19,21). The number of hydrogen-bond acceptors (Lipinski definition) is 5. The molecule has 1 fully saturated rings. The predicted octanol–water partition coefficient (Wildman–Crippen LogP) is 2.84. The highest BCUT2D eigenvalue weighted by molar-refractivity contribution is 5.94. The first-order chi connectivity index (χ1) is 11.3. The molecule has 0 saturated carbocycles. The van der Waals surface area contributed by atoms with E-state index in [4.69, 9.17) is 15.2 Å². The summed E-state index contributed by atoms with van der Waals surface area (Å²) in [5.41, 5.74) is 9.16. The lowest BCUT2D eigenvalue weighted by molar-refractivity contribution is 0.0262. The smallest absolute Gasteiger partial charge is 0.132 e.